The lowest BCUT2D eigenvalue weighted by Gasteiger charge is -1.99. The highest BCUT2D eigenvalue weighted by atomic mass is 16.5. The molecule has 0 unspecified atom stereocenters. The van der Waals surface area contributed by atoms with Crippen molar-refractivity contribution in [2.75, 3.05) is 6.61 Å². The van der Waals surface area contributed by atoms with Crippen LogP contribution in [0.4, 0.5) is 0 Å². The van der Waals surface area contributed by atoms with Crippen LogP contribution >= 0.6 is 0 Å². The average Bonchev–Trinajstić information content (AvgIpc) is 2.87. The van der Waals surface area contributed by atoms with Gasteiger partial charge in [0.15, 0.2) is 0 Å². The Hall–Kier alpha value is -2.87. The molecule has 0 spiro atoms. The van der Waals surface area contributed by atoms with E-state index < -0.39 is 5.97 Å². The summed E-state index contributed by atoms with van der Waals surface area (Å²) >= 11 is 0. The molecule has 1 heterocycles. The first kappa shape index (κ1) is 14.5. The van der Waals surface area contributed by atoms with Gasteiger partial charge in [0.2, 0.25) is 0 Å². The summed E-state index contributed by atoms with van der Waals surface area (Å²) in [5.74, 6) is -0.619. The van der Waals surface area contributed by atoms with Crippen LogP contribution in [0.2, 0.25) is 0 Å². The first-order valence-corrected chi connectivity index (χ1v) is 6.56. The van der Waals surface area contributed by atoms with Gasteiger partial charge in [-0.15, -0.1) is 0 Å². The van der Waals surface area contributed by atoms with Crippen molar-refractivity contribution >= 4 is 12.0 Å². The minimum Gasteiger partial charge on any atom is -0.462 e. The van der Waals surface area contributed by atoms with E-state index in [2.05, 4.69) is 5.10 Å². The molecule has 21 heavy (non-hydrogen) atoms. The zero-order valence-corrected chi connectivity index (χ0v) is 11.9. The fourth-order valence-corrected chi connectivity index (χ4v) is 1.83. The van der Waals surface area contributed by atoms with E-state index in [4.69, 9.17) is 10.00 Å². The van der Waals surface area contributed by atoms with E-state index in [1.165, 1.54) is 6.08 Å². The lowest BCUT2D eigenvalue weighted by atomic mass is 10.1. The van der Waals surface area contributed by atoms with Gasteiger partial charge in [-0.3, -0.25) is 0 Å². The molecule has 0 fully saturated rings. The van der Waals surface area contributed by atoms with Crippen molar-refractivity contribution < 1.29 is 9.53 Å². The maximum absolute atomic E-state index is 11.6. The number of carbonyl (C=O) groups excluding carboxylic acids is 1. The molecule has 0 aliphatic rings. The number of para-hydroxylation sites is 1. The Bertz CT molecular complexity index is 709. The van der Waals surface area contributed by atoms with Crippen molar-refractivity contribution in [1.82, 2.24) is 9.78 Å². The molecule has 0 bridgehead atoms. The zero-order chi connectivity index (χ0) is 15.2. The lowest BCUT2D eigenvalue weighted by Crippen LogP contribution is -2.06. The molecule has 1 aromatic carbocycles. The Balaban J connectivity index is 2.35. The molecule has 5 nitrogen and oxygen atoms in total. The Morgan fingerprint density at radius 3 is 2.76 bits per heavy atom. The van der Waals surface area contributed by atoms with Crippen LogP contribution in [0.25, 0.3) is 11.8 Å². The van der Waals surface area contributed by atoms with E-state index in [0.29, 0.717) is 5.56 Å². The lowest BCUT2D eigenvalue weighted by molar-refractivity contribution is -0.137. The van der Waals surface area contributed by atoms with Crippen molar-refractivity contribution in [2.24, 2.45) is 0 Å². The summed E-state index contributed by atoms with van der Waals surface area (Å²) in [7, 11) is 0. The highest BCUT2D eigenvalue weighted by Gasteiger charge is 2.12. The number of nitrogens with zero attached hydrogens (tertiary/aromatic N) is 3. The number of benzene rings is 1. The maximum atomic E-state index is 11.6. The van der Waals surface area contributed by atoms with Crippen LogP contribution in [-0.2, 0) is 9.53 Å². The van der Waals surface area contributed by atoms with Gasteiger partial charge in [-0.1, -0.05) is 18.2 Å². The number of hydrogen-bond donors (Lipinski definition) is 0. The summed E-state index contributed by atoms with van der Waals surface area (Å²) < 4.78 is 6.55. The smallest absolute Gasteiger partial charge is 0.348 e. The zero-order valence-electron chi connectivity index (χ0n) is 11.9. The van der Waals surface area contributed by atoms with Gasteiger partial charge in [-0.25, -0.2) is 9.48 Å². The SMILES string of the molecule is CCOC(=O)/C(C#N)=C/c1cn(-c2ccccc2)nc1C. The third-order valence-electron chi connectivity index (χ3n) is 2.87. The molecule has 0 saturated carbocycles. The normalized spacial score (nSPS) is 11.0. The van der Waals surface area contributed by atoms with Gasteiger partial charge in [-0.05, 0) is 32.1 Å². The molecule has 0 amide bonds. The fourth-order valence-electron chi connectivity index (χ4n) is 1.83. The van der Waals surface area contributed by atoms with Gasteiger partial charge in [0, 0.05) is 11.8 Å². The van der Waals surface area contributed by atoms with Crippen LogP contribution in [0.5, 0.6) is 0 Å². The molecular formula is C16H15N3O2. The Kier molecular flexibility index (Phi) is 4.52. The summed E-state index contributed by atoms with van der Waals surface area (Å²) in [4.78, 5) is 11.6. The van der Waals surface area contributed by atoms with Gasteiger partial charge in [0.1, 0.15) is 11.6 Å². The maximum Gasteiger partial charge on any atom is 0.348 e. The molecular weight excluding hydrogens is 266 g/mol. The van der Waals surface area contributed by atoms with E-state index in [1.807, 2.05) is 43.3 Å². The number of esters is 1. The predicted molar refractivity (Wildman–Crippen MR) is 78.5 cm³/mol. The molecule has 0 N–H and O–H groups in total. The van der Waals surface area contributed by atoms with E-state index in [-0.39, 0.29) is 12.2 Å². The summed E-state index contributed by atoms with van der Waals surface area (Å²) in [6.07, 6.45) is 3.28. The van der Waals surface area contributed by atoms with Crippen LogP contribution in [0.15, 0.2) is 42.1 Å². The van der Waals surface area contributed by atoms with Gasteiger partial charge >= 0.3 is 5.97 Å². The van der Waals surface area contributed by atoms with Crippen LogP contribution < -0.4 is 0 Å². The van der Waals surface area contributed by atoms with E-state index in [0.717, 1.165) is 11.4 Å². The van der Waals surface area contributed by atoms with Crippen molar-refractivity contribution in [3.05, 3.63) is 53.4 Å². The Morgan fingerprint density at radius 2 is 2.14 bits per heavy atom. The topological polar surface area (TPSA) is 67.9 Å². The minimum absolute atomic E-state index is 0.0347. The van der Waals surface area contributed by atoms with E-state index in [9.17, 15) is 4.79 Å². The molecule has 5 heteroatoms. The van der Waals surface area contributed by atoms with Gasteiger partial charge < -0.3 is 4.74 Å². The van der Waals surface area contributed by atoms with Crippen LogP contribution in [0, 0.1) is 18.3 Å². The largest absolute Gasteiger partial charge is 0.462 e. The van der Waals surface area contributed by atoms with Gasteiger partial charge in [0.05, 0.1) is 18.0 Å². The molecule has 0 radical (unpaired) electrons. The van der Waals surface area contributed by atoms with Crippen LogP contribution in [-0.4, -0.2) is 22.4 Å². The molecule has 106 valence electrons. The number of nitriles is 1. The van der Waals surface area contributed by atoms with Gasteiger partial charge in [0.25, 0.3) is 0 Å². The summed E-state index contributed by atoms with van der Waals surface area (Å²) in [5.41, 5.74) is 2.32. The Morgan fingerprint density at radius 1 is 1.43 bits per heavy atom. The average molecular weight is 281 g/mol. The predicted octanol–water partition coefficient (Wildman–Crippen LogP) is 2.65. The molecule has 2 aromatic rings. The molecule has 2 rings (SSSR count). The fraction of sp³-hybridized carbons (Fsp3) is 0.188. The van der Waals surface area contributed by atoms with E-state index in [1.54, 1.807) is 17.8 Å². The first-order chi connectivity index (χ1) is 10.2. The second-order valence-corrected chi connectivity index (χ2v) is 4.34. The van der Waals surface area contributed by atoms with Crippen molar-refractivity contribution in [1.29, 1.82) is 5.26 Å². The highest BCUT2D eigenvalue weighted by Crippen LogP contribution is 2.15. The van der Waals surface area contributed by atoms with Crippen molar-refractivity contribution in [3.63, 3.8) is 0 Å². The van der Waals surface area contributed by atoms with Crippen molar-refractivity contribution in [3.8, 4) is 11.8 Å². The first-order valence-electron chi connectivity index (χ1n) is 6.56. The number of carbonyl (C=O) groups is 1. The number of hydrogen-bond acceptors (Lipinski definition) is 4. The van der Waals surface area contributed by atoms with Gasteiger partial charge in [-0.2, -0.15) is 10.4 Å². The standard InChI is InChI=1S/C16H15N3O2/c1-3-21-16(20)13(10-17)9-14-11-19(18-12(14)2)15-7-5-4-6-8-15/h4-9,11H,3H2,1-2H3/b13-9+. The highest BCUT2D eigenvalue weighted by molar-refractivity contribution is 5.97. The summed E-state index contributed by atoms with van der Waals surface area (Å²) in [6.45, 7) is 3.76. The quantitative estimate of drug-likeness (QED) is 0.491. The second kappa shape index (κ2) is 6.53. The summed E-state index contributed by atoms with van der Waals surface area (Å²) in [6, 6.07) is 11.5. The van der Waals surface area contributed by atoms with Crippen molar-refractivity contribution in [2.45, 2.75) is 13.8 Å². The third-order valence-corrected chi connectivity index (χ3v) is 2.87. The third kappa shape index (κ3) is 3.37. The second-order valence-electron chi connectivity index (χ2n) is 4.34. The van der Waals surface area contributed by atoms with E-state index >= 15 is 0 Å². The number of aryl methyl sites for hydroxylation is 1. The van der Waals surface area contributed by atoms with Crippen LogP contribution in [0.3, 0.4) is 0 Å². The monoisotopic (exact) mass is 281 g/mol. The molecule has 0 aliphatic heterocycles. The summed E-state index contributed by atoms with van der Waals surface area (Å²) in [5, 5.41) is 13.4. The number of ether oxygens (including phenoxy) is 1. The van der Waals surface area contributed by atoms with Crippen LogP contribution in [0.1, 0.15) is 18.2 Å². The molecule has 0 atom stereocenters. The number of rotatable bonds is 4. The minimum atomic E-state index is -0.619. The number of aromatic nitrogens is 2. The Labute approximate surface area is 123 Å². The molecule has 0 saturated heterocycles. The molecule has 1 aromatic heterocycles. The molecule has 0 aliphatic carbocycles.